The molecule has 0 amide bonds. The lowest BCUT2D eigenvalue weighted by Gasteiger charge is -2.27. The predicted octanol–water partition coefficient (Wildman–Crippen LogP) is 0.316. The van der Waals surface area contributed by atoms with E-state index in [0.717, 1.165) is 19.3 Å². The molecular weight excluding hydrogens is 426 g/mol. The highest BCUT2D eigenvalue weighted by Crippen LogP contribution is 2.10. The zero-order chi connectivity index (χ0) is 23.5. The molecule has 32 heavy (non-hydrogen) atoms. The number of aliphatic carboxylic acids is 2. The largest absolute Gasteiger partial charge is 0.481 e. The first kappa shape index (κ1) is 37.7. The Balaban J connectivity index is -0.000000335. The summed E-state index contributed by atoms with van der Waals surface area (Å²) in [5.74, 6) is -2.15. The van der Waals surface area contributed by atoms with Crippen LogP contribution < -0.4 is 18.0 Å². The van der Waals surface area contributed by atoms with Gasteiger partial charge < -0.3 is 53.8 Å². The van der Waals surface area contributed by atoms with E-state index in [4.69, 9.17) is 21.1 Å². The van der Waals surface area contributed by atoms with Crippen molar-refractivity contribution < 1.29 is 45.3 Å². The molecule has 0 aliphatic carbocycles. The van der Waals surface area contributed by atoms with Crippen LogP contribution in [0.2, 0.25) is 0 Å². The first-order valence-electron chi connectivity index (χ1n) is 10.3. The van der Waals surface area contributed by atoms with Gasteiger partial charge in [-0.15, -0.1) is 0 Å². The Morgan fingerprint density at radius 2 is 1.28 bits per heavy atom. The standard InChI is InChI=1S/C16H33NO5.C4H6O4.2H3N/c1-2-3-4-5-6-7-8-9-10-12(17)14(20)16(22)15(21)13(19)11-18;5-3(6)1-2-4(7)8;;/h9-10,12-16,18-22H,2-8,11,17H2,1H3;1-2H2,(H,5,6)(H,7,8);2*1H3/t12?,13-,14+,15-,16-;;;/m1.../s1. The van der Waals surface area contributed by atoms with Crippen molar-refractivity contribution >= 4 is 11.9 Å². The number of unbranched alkanes of at least 4 members (excludes halogenated alkanes) is 6. The molecule has 0 aromatic heterocycles. The Hall–Kier alpha value is -1.64. The smallest absolute Gasteiger partial charge is 0.303 e. The molecule has 0 bridgehead atoms. The summed E-state index contributed by atoms with van der Waals surface area (Å²) in [7, 11) is 0. The van der Waals surface area contributed by atoms with Crippen molar-refractivity contribution in [1.29, 1.82) is 0 Å². The second-order valence-electron chi connectivity index (χ2n) is 7.07. The van der Waals surface area contributed by atoms with E-state index in [9.17, 15) is 30.0 Å². The molecule has 0 aromatic carbocycles. The first-order valence-corrected chi connectivity index (χ1v) is 10.3. The molecule has 0 spiro atoms. The number of nitrogens with two attached hydrogens (primary N) is 1. The van der Waals surface area contributed by atoms with E-state index >= 15 is 0 Å². The normalized spacial score (nSPS) is 15.2. The van der Waals surface area contributed by atoms with Crippen LogP contribution in [0.25, 0.3) is 0 Å². The molecule has 0 radical (unpaired) electrons. The first-order chi connectivity index (χ1) is 14.1. The van der Waals surface area contributed by atoms with Gasteiger partial charge in [-0.3, -0.25) is 9.59 Å². The van der Waals surface area contributed by atoms with E-state index in [-0.39, 0.29) is 25.1 Å². The topological polar surface area (TPSA) is 272 Å². The monoisotopic (exact) mass is 471 g/mol. The van der Waals surface area contributed by atoms with E-state index < -0.39 is 49.0 Å². The van der Waals surface area contributed by atoms with Gasteiger partial charge in [-0.2, -0.15) is 0 Å². The van der Waals surface area contributed by atoms with Gasteiger partial charge in [0.25, 0.3) is 0 Å². The lowest BCUT2D eigenvalue weighted by molar-refractivity contribution is -0.143. The SMILES string of the molecule is CCCCCCCCC=CC(N)[C@H](O)[C@@H](O)[C@H](O)[C@H](O)CO.N.N.O=C(O)CCC(=O)O. The van der Waals surface area contributed by atoms with Crippen LogP contribution >= 0.6 is 0 Å². The third-order valence-electron chi connectivity index (χ3n) is 4.31. The van der Waals surface area contributed by atoms with Crippen LogP contribution in [0.4, 0.5) is 0 Å². The Morgan fingerprint density at radius 1 is 0.812 bits per heavy atom. The summed E-state index contributed by atoms with van der Waals surface area (Å²) in [4.78, 5) is 19.3. The fourth-order valence-electron chi connectivity index (χ4n) is 2.39. The van der Waals surface area contributed by atoms with E-state index in [2.05, 4.69) is 6.92 Å². The van der Waals surface area contributed by atoms with Crippen LogP contribution in [0.15, 0.2) is 12.2 Å². The third-order valence-corrected chi connectivity index (χ3v) is 4.31. The molecule has 1 unspecified atom stereocenters. The number of hydrogen-bond donors (Lipinski definition) is 10. The minimum Gasteiger partial charge on any atom is -0.481 e. The van der Waals surface area contributed by atoms with E-state index in [1.807, 2.05) is 6.08 Å². The molecule has 12 heteroatoms. The number of aliphatic hydroxyl groups is 5. The highest BCUT2D eigenvalue weighted by atomic mass is 16.4. The fourth-order valence-corrected chi connectivity index (χ4v) is 2.39. The van der Waals surface area contributed by atoms with Gasteiger partial charge in [0.15, 0.2) is 0 Å². The van der Waals surface area contributed by atoms with Crippen molar-refractivity contribution in [2.75, 3.05) is 6.61 Å². The van der Waals surface area contributed by atoms with Crippen LogP contribution in [0.1, 0.15) is 64.7 Å². The maximum Gasteiger partial charge on any atom is 0.303 e. The van der Waals surface area contributed by atoms with E-state index in [1.54, 1.807) is 6.08 Å². The summed E-state index contributed by atoms with van der Waals surface area (Å²) < 4.78 is 0. The molecule has 0 fully saturated rings. The maximum absolute atomic E-state index is 9.82. The van der Waals surface area contributed by atoms with Gasteiger partial charge in [-0.05, 0) is 12.8 Å². The molecule has 0 aromatic rings. The summed E-state index contributed by atoms with van der Waals surface area (Å²) in [5, 5.41) is 62.8. The Bertz CT molecular complexity index is 467. The van der Waals surface area contributed by atoms with Crippen LogP contribution in [-0.2, 0) is 9.59 Å². The fraction of sp³-hybridized carbons (Fsp3) is 0.800. The van der Waals surface area contributed by atoms with Gasteiger partial charge in [0.1, 0.15) is 24.4 Å². The van der Waals surface area contributed by atoms with Crippen molar-refractivity contribution in [1.82, 2.24) is 12.3 Å². The van der Waals surface area contributed by atoms with Crippen LogP contribution in [0.3, 0.4) is 0 Å². The number of carboxylic acid groups (broad SMARTS) is 2. The van der Waals surface area contributed by atoms with Crippen molar-refractivity contribution in [2.45, 2.75) is 95.2 Å². The number of aliphatic hydroxyl groups excluding tert-OH is 5. The molecular formula is C20H45N3O9. The minimum atomic E-state index is -1.64. The number of rotatable bonds is 16. The molecule has 0 saturated carbocycles. The average molecular weight is 472 g/mol. The molecule has 0 heterocycles. The zero-order valence-corrected chi connectivity index (χ0v) is 19.1. The van der Waals surface area contributed by atoms with Gasteiger partial charge in [0.05, 0.1) is 25.5 Å². The Labute approximate surface area is 189 Å². The maximum atomic E-state index is 9.82. The Kier molecular flexibility index (Phi) is 28.3. The van der Waals surface area contributed by atoms with Crippen LogP contribution in [0.5, 0.6) is 0 Å². The van der Waals surface area contributed by atoms with Crippen molar-refractivity contribution in [2.24, 2.45) is 5.73 Å². The summed E-state index contributed by atoms with van der Waals surface area (Å²) in [6, 6.07) is -0.837. The third kappa shape index (κ3) is 21.6. The molecule has 0 rings (SSSR count). The number of carbonyl (C=O) groups is 2. The lowest BCUT2D eigenvalue weighted by Crippen LogP contribution is -2.51. The second-order valence-corrected chi connectivity index (χ2v) is 7.07. The van der Waals surface area contributed by atoms with Crippen molar-refractivity contribution in [3.63, 3.8) is 0 Å². The highest BCUT2D eigenvalue weighted by Gasteiger charge is 2.32. The molecule has 12 nitrogen and oxygen atoms in total. The summed E-state index contributed by atoms with van der Waals surface area (Å²) in [6.07, 6.45) is 4.73. The van der Waals surface area contributed by atoms with Crippen molar-refractivity contribution in [3.05, 3.63) is 12.2 Å². The lowest BCUT2D eigenvalue weighted by atomic mass is 9.98. The number of hydrogen-bond acceptors (Lipinski definition) is 10. The summed E-state index contributed by atoms with van der Waals surface area (Å²) in [5.41, 5.74) is 5.73. The van der Waals surface area contributed by atoms with Gasteiger partial charge in [-0.25, -0.2) is 0 Å². The molecule has 0 aliphatic rings. The number of carboxylic acids is 2. The minimum absolute atomic E-state index is 0. The number of allylic oxidation sites excluding steroid dienone is 1. The van der Waals surface area contributed by atoms with Crippen LogP contribution in [0, 0.1) is 0 Å². The van der Waals surface area contributed by atoms with E-state index in [1.165, 1.54) is 25.7 Å². The quantitative estimate of drug-likeness (QED) is 0.108. The average Bonchev–Trinajstić information content (AvgIpc) is 2.72. The van der Waals surface area contributed by atoms with E-state index in [0.29, 0.717) is 0 Å². The van der Waals surface area contributed by atoms with Gasteiger partial charge >= 0.3 is 11.9 Å². The highest BCUT2D eigenvalue weighted by molar-refractivity contribution is 5.75. The van der Waals surface area contributed by atoms with Gasteiger partial charge in [-0.1, -0.05) is 51.2 Å². The molecule has 0 aliphatic heterocycles. The summed E-state index contributed by atoms with van der Waals surface area (Å²) in [6.45, 7) is 1.48. The summed E-state index contributed by atoms with van der Waals surface area (Å²) >= 11 is 0. The second kappa shape index (κ2) is 24.0. The zero-order valence-electron chi connectivity index (χ0n) is 19.1. The molecule has 5 atom stereocenters. The van der Waals surface area contributed by atoms with Gasteiger partial charge in [0, 0.05) is 0 Å². The van der Waals surface area contributed by atoms with Crippen molar-refractivity contribution in [3.8, 4) is 0 Å². The van der Waals surface area contributed by atoms with Crippen LogP contribution in [-0.4, -0.2) is 84.7 Å². The molecule has 15 N–H and O–H groups in total. The van der Waals surface area contributed by atoms with Gasteiger partial charge in [0.2, 0.25) is 0 Å². The molecule has 194 valence electrons. The molecule has 0 saturated heterocycles. The predicted molar refractivity (Wildman–Crippen MR) is 121 cm³/mol. The Morgan fingerprint density at radius 3 is 1.72 bits per heavy atom.